The molecule has 94 valence electrons. The zero-order valence-corrected chi connectivity index (χ0v) is 11.2. The number of nitrogens with zero attached hydrogens (tertiary/aromatic N) is 3. The lowest BCUT2D eigenvalue weighted by atomic mass is 9.97. The molecule has 17 heavy (non-hydrogen) atoms. The first-order chi connectivity index (χ1) is 8.22. The van der Waals surface area contributed by atoms with E-state index in [1.807, 2.05) is 30.6 Å². The summed E-state index contributed by atoms with van der Waals surface area (Å²) >= 11 is 1.59. The highest BCUT2D eigenvalue weighted by atomic mass is 32.2. The molecule has 1 amide bonds. The lowest BCUT2D eigenvalue weighted by Gasteiger charge is -2.32. The van der Waals surface area contributed by atoms with E-state index in [1.54, 1.807) is 11.8 Å². The van der Waals surface area contributed by atoms with Crippen molar-refractivity contribution in [2.45, 2.75) is 18.8 Å². The van der Waals surface area contributed by atoms with Crippen LogP contribution in [0.2, 0.25) is 0 Å². The fourth-order valence-electron chi connectivity index (χ4n) is 2.40. The molecular formula is C12H19N3OS. The van der Waals surface area contributed by atoms with Crippen LogP contribution in [-0.2, 0) is 11.8 Å². The third-order valence-electron chi connectivity index (χ3n) is 3.27. The topological polar surface area (TPSA) is 38.1 Å². The number of amides is 1. The first-order valence-corrected chi connectivity index (χ1v) is 7.35. The molecule has 0 aliphatic carbocycles. The zero-order chi connectivity index (χ0) is 12.3. The Balaban J connectivity index is 2.02. The van der Waals surface area contributed by atoms with E-state index in [-0.39, 0.29) is 5.91 Å². The van der Waals surface area contributed by atoms with Crippen molar-refractivity contribution in [2.24, 2.45) is 7.05 Å². The van der Waals surface area contributed by atoms with Gasteiger partial charge in [-0.2, -0.15) is 11.8 Å². The zero-order valence-electron chi connectivity index (χ0n) is 10.4. The average molecular weight is 253 g/mol. The van der Waals surface area contributed by atoms with E-state index in [0.29, 0.717) is 11.7 Å². The van der Waals surface area contributed by atoms with Crippen LogP contribution in [0.1, 0.15) is 24.6 Å². The largest absolute Gasteiger partial charge is 0.341 e. The highest BCUT2D eigenvalue weighted by Gasteiger charge is 2.26. The number of hydrogen-bond acceptors (Lipinski definition) is 3. The van der Waals surface area contributed by atoms with Crippen LogP contribution in [0.5, 0.6) is 0 Å². The minimum atomic E-state index is 0.261. The number of aryl methyl sites for hydroxylation is 1. The molecule has 1 aromatic rings. The maximum Gasteiger partial charge on any atom is 0.232 e. The van der Waals surface area contributed by atoms with E-state index >= 15 is 0 Å². The summed E-state index contributed by atoms with van der Waals surface area (Å²) in [7, 11) is 2.02. The van der Waals surface area contributed by atoms with Gasteiger partial charge < -0.3 is 9.47 Å². The molecule has 0 saturated carbocycles. The highest BCUT2D eigenvalue weighted by molar-refractivity contribution is 7.99. The second kappa shape index (κ2) is 5.58. The van der Waals surface area contributed by atoms with Crippen LogP contribution in [0, 0.1) is 0 Å². The van der Waals surface area contributed by atoms with E-state index in [9.17, 15) is 4.79 Å². The first-order valence-electron chi connectivity index (χ1n) is 5.96. The first kappa shape index (κ1) is 12.5. The Labute approximate surface area is 106 Å². The average Bonchev–Trinajstić information content (AvgIpc) is 2.76. The molecule has 0 bridgehead atoms. The molecule has 2 heterocycles. The van der Waals surface area contributed by atoms with Gasteiger partial charge >= 0.3 is 0 Å². The summed E-state index contributed by atoms with van der Waals surface area (Å²) in [5, 5.41) is 0. The maximum absolute atomic E-state index is 11.9. The van der Waals surface area contributed by atoms with E-state index in [1.165, 1.54) is 0 Å². The fourth-order valence-corrected chi connectivity index (χ4v) is 2.83. The van der Waals surface area contributed by atoms with Crippen molar-refractivity contribution in [2.75, 3.05) is 25.1 Å². The number of carbonyl (C=O) groups is 1. The van der Waals surface area contributed by atoms with Crippen LogP contribution in [-0.4, -0.2) is 45.5 Å². The second-order valence-electron chi connectivity index (χ2n) is 4.51. The summed E-state index contributed by atoms with van der Waals surface area (Å²) in [6.45, 7) is 1.73. The number of imidazole rings is 1. The van der Waals surface area contributed by atoms with Crippen LogP contribution >= 0.6 is 11.8 Å². The summed E-state index contributed by atoms with van der Waals surface area (Å²) in [5.74, 6) is 2.35. The number of rotatable bonds is 3. The molecule has 1 aliphatic rings. The number of carbonyl (C=O) groups excluding carboxylic acids is 1. The van der Waals surface area contributed by atoms with E-state index in [0.717, 1.165) is 31.8 Å². The standard InChI is InChI=1S/C12H19N3OS/c1-14-7-5-13-12(14)10-4-3-6-15(8-10)11(16)9-17-2/h5,7,10H,3-4,6,8-9H2,1-2H3. The van der Waals surface area contributed by atoms with Crippen LogP contribution < -0.4 is 0 Å². The smallest absolute Gasteiger partial charge is 0.232 e. The Morgan fingerprint density at radius 1 is 1.65 bits per heavy atom. The molecule has 0 spiro atoms. The van der Waals surface area contributed by atoms with Gasteiger partial charge in [0.15, 0.2) is 0 Å². The normalized spacial score (nSPS) is 20.6. The predicted octanol–water partition coefficient (Wildman–Crippen LogP) is 1.49. The lowest BCUT2D eigenvalue weighted by molar-refractivity contribution is -0.129. The Morgan fingerprint density at radius 3 is 3.12 bits per heavy atom. The van der Waals surface area contributed by atoms with Crippen LogP contribution in [0.3, 0.4) is 0 Å². The highest BCUT2D eigenvalue weighted by Crippen LogP contribution is 2.25. The molecule has 2 rings (SSSR count). The number of thioether (sulfide) groups is 1. The molecule has 1 aromatic heterocycles. The lowest BCUT2D eigenvalue weighted by Crippen LogP contribution is -2.40. The van der Waals surface area contributed by atoms with Gasteiger partial charge in [-0.1, -0.05) is 0 Å². The van der Waals surface area contributed by atoms with Crippen molar-refractivity contribution in [3.63, 3.8) is 0 Å². The summed E-state index contributed by atoms with van der Waals surface area (Å²) in [5.41, 5.74) is 0. The van der Waals surface area contributed by atoms with Gasteiger partial charge in [-0.25, -0.2) is 4.98 Å². The van der Waals surface area contributed by atoms with Crippen LogP contribution in [0.15, 0.2) is 12.4 Å². The molecule has 0 aromatic carbocycles. The van der Waals surface area contributed by atoms with Gasteiger partial charge in [0.1, 0.15) is 5.82 Å². The monoisotopic (exact) mass is 253 g/mol. The van der Waals surface area contributed by atoms with E-state index in [4.69, 9.17) is 0 Å². The van der Waals surface area contributed by atoms with Gasteiger partial charge in [0.05, 0.1) is 5.75 Å². The molecule has 5 heteroatoms. The SMILES string of the molecule is CSCC(=O)N1CCCC(c2nccn2C)C1. The van der Waals surface area contributed by atoms with Crippen molar-refractivity contribution in [3.8, 4) is 0 Å². The molecule has 0 radical (unpaired) electrons. The fraction of sp³-hybridized carbons (Fsp3) is 0.667. The van der Waals surface area contributed by atoms with E-state index in [2.05, 4.69) is 9.55 Å². The Kier molecular flexibility index (Phi) is 4.10. The molecule has 4 nitrogen and oxygen atoms in total. The van der Waals surface area contributed by atoms with Crippen LogP contribution in [0.25, 0.3) is 0 Å². The van der Waals surface area contributed by atoms with Crippen molar-refractivity contribution in [1.82, 2.24) is 14.5 Å². The quantitative estimate of drug-likeness (QED) is 0.819. The number of aromatic nitrogens is 2. The summed E-state index contributed by atoms with van der Waals surface area (Å²) in [6.07, 6.45) is 7.99. The second-order valence-corrected chi connectivity index (χ2v) is 5.37. The molecule has 1 saturated heterocycles. The van der Waals surface area contributed by atoms with Crippen molar-refractivity contribution in [3.05, 3.63) is 18.2 Å². The van der Waals surface area contributed by atoms with Crippen molar-refractivity contribution in [1.29, 1.82) is 0 Å². The van der Waals surface area contributed by atoms with Gasteiger partial charge in [-0.3, -0.25) is 4.79 Å². The molecule has 1 atom stereocenters. The van der Waals surface area contributed by atoms with Gasteiger partial charge in [0.25, 0.3) is 0 Å². The third-order valence-corrected chi connectivity index (χ3v) is 3.80. The van der Waals surface area contributed by atoms with Gasteiger partial charge in [0.2, 0.25) is 5.91 Å². The molecule has 0 N–H and O–H groups in total. The molecule has 1 aliphatic heterocycles. The minimum Gasteiger partial charge on any atom is -0.341 e. The Bertz CT molecular complexity index is 391. The number of piperidine rings is 1. The minimum absolute atomic E-state index is 0.261. The molecule has 1 unspecified atom stereocenters. The third kappa shape index (κ3) is 2.83. The maximum atomic E-state index is 11.9. The number of hydrogen-bond donors (Lipinski definition) is 0. The van der Waals surface area contributed by atoms with Gasteiger partial charge in [-0.05, 0) is 19.1 Å². The predicted molar refractivity (Wildman–Crippen MR) is 70.1 cm³/mol. The summed E-state index contributed by atoms with van der Waals surface area (Å²) < 4.78 is 2.06. The van der Waals surface area contributed by atoms with Crippen molar-refractivity contribution >= 4 is 17.7 Å². The van der Waals surface area contributed by atoms with Crippen molar-refractivity contribution < 1.29 is 4.79 Å². The summed E-state index contributed by atoms with van der Waals surface area (Å²) in [4.78, 5) is 18.3. The Hall–Kier alpha value is -0.970. The van der Waals surface area contributed by atoms with Gasteiger partial charge in [-0.15, -0.1) is 0 Å². The van der Waals surface area contributed by atoms with E-state index < -0.39 is 0 Å². The molecular weight excluding hydrogens is 234 g/mol. The molecule has 1 fully saturated rings. The Morgan fingerprint density at radius 2 is 2.47 bits per heavy atom. The summed E-state index contributed by atoms with van der Waals surface area (Å²) in [6, 6.07) is 0. The van der Waals surface area contributed by atoms with Gasteiger partial charge in [0, 0.05) is 38.4 Å². The van der Waals surface area contributed by atoms with Crippen LogP contribution in [0.4, 0.5) is 0 Å². The number of likely N-dealkylation sites (tertiary alicyclic amines) is 1.